The zero-order valence-electron chi connectivity index (χ0n) is 15.4. The number of halogens is 2. The second-order valence-electron chi connectivity index (χ2n) is 7.46. The zero-order chi connectivity index (χ0) is 19.6. The third-order valence-corrected chi connectivity index (χ3v) is 5.82. The Bertz CT molecular complexity index is 1440. The smallest absolute Gasteiger partial charge is 0.256 e. The molecule has 138 valence electrons. The van der Waals surface area contributed by atoms with Crippen LogP contribution >= 0.6 is 0 Å². The molecule has 0 atom stereocenters. The summed E-state index contributed by atoms with van der Waals surface area (Å²) >= 11 is 0. The Labute approximate surface area is 166 Å². The van der Waals surface area contributed by atoms with E-state index in [1.54, 1.807) is 24.4 Å². The highest BCUT2D eigenvalue weighted by Crippen LogP contribution is 2.53. The normalized spacial score (nSPS) is 14.1. The number of aromatic nitrogens is 1. The van der Waals surface area contributed by atoms with Crippen LogP contribution in [0.2, 0.25) is 0 Å². The Morgan fingerprint density at radius 1 is 0.655 bits per heavy atom. The molecule has 1 aliphatic rings. The number of hydrogen-bond donors (Lipinski definition) is 0. The molecule has 3 heteroatoms. The fraction of sp³-hybridized carbons (Fsp3) is 0.0385. The van der Waals surface area contributed by atoms with E-state index in [1.165, 1.54) is 12.1 Å². The highest BCUT2D eigenvalue weighted by Gasteiger charge is 2.44. The van der Waals surface area contributed by atoms with Gasteiger partial charge in [-0.05, 0) is 39.4 Å². The van der Waals surface area contributed by atoms with Crippen molar-refractivity contribution in [1.29, 1.82) is 0 Å². The van der Waals surface area contributed by atoms with Crippen LogP contribution in [0.4, 0.5) is 8.78 Å². The van der Waals surface area contributed by atoms with Gasteiger partial charge in [0.05, 0.1) is 5.69 Å². The van der Waals surface area contributed by atoms with Crippen LogP contribution in [0.15, 0.2) is 91.1 Å². The maximum atomic E-state index is 15.0. The number of hydrogen-bond acceptors (Lipinski definition) is 1. The molecule has 0 saturated carbocycles. The molecule has 6 rings (SSSR count). The second-order valence-corrected chi connectivity index (χ2v) is 7.46. The predicted molar refractivity (Wildman–Crippen MR) is 113 cm³/mol. The van der Waals surface area contributed by atoms with Gasteiger partial charge >= 0.3 is 0 Å². The molecule has 0 radical (unpaired) electrons. The predicted octanol–water partition coefficient (Wildman–Crippen LogP) is 7.18. The first-order valence-electron chi connectivity index (χ1n) is 9.53. The van der Waals surface area contributed by atoms with Crippen LogP contribution in [0.1, 0.15) is 11.1 Å². The van der Waals surface area contributed by atoms with Crippen LogP contribution in [0, 0.1) is 0 Å². The van der Waals surface area contributed by atoms with E-state index in [-0.39, 0.29) is 11.1 Å². The molecule has 0 spiro atoms. The summed E-state index contributed by atoms with van der Waals surface area (Å²) in [6, 6.07) is 26.3. The molecule has 0 amide bonds. The molecule has 1 nitrogen and oxygen atoms in total. The maximum Gasteiger partial charge on any atom is 0.299 e. The van der Waals surface area contributed by atoms with Crippen LogP contribution < -0.4 is 0 Å². The van der Waals surface area contributed by atoms with Gasteiger partial charge in [0.1, 0.15) is 0 Å². The molecule has 0 fully saturated rings. The van der Waals surface area contributed by atoms with E-state index < -0.39 is 5.92 Å². The van der Waals surface area contributed by atoms with Crippen molar-refractivity contribution in [2.24, 2.45) is 0 Å². The van der Waals surface area contributed by atoms with Gasteiger partial charge in [-0.15, -0.1) is 0 Å². The minimum Gasteiger partial charge on any atom is -0.256 e. The summed E-state index contributed by atoms with van der Waals surface area (Å²) in [6.45, 7) is 0. The number of alkyl halides is 2. The molecule has 0 bridgehead atoms. The summed E-state index contributed by atoms with van der Waals surface area (Å²) in [6.07, 6.45) is 1.78. The fourth-order valence-corrected chi connectivity index (χ4v) is 4.40. The minimum atomic E-state index is -2.98. The number of rotatable bonds is 1. The second kappa shape index (κ2) is 5.71. The lowest BCUT2D eigenvalue weighted by molar-refractivity contribution is 0.0481. The van der Waals surface area contributed by atoms with Crippen molar-refractivity contribution in [3.8, 4) is 22.4 Å². The Balaban J connectivity index is 1.63. The van der Waals surface area contributed by atoms with Gasteiger partial charge in [0.25, 0.3) is 5.92 Å². The molecule has 0 N–H and O–H groups in total. The lowest BCUT2D eigenvalue weighted by Crippen LogP contribution is -2.10. The van der Waals surface area contributed by atoms with Crippen molar-refractivity contribution in [3.63, 3.8) is 0 Å². The van der Waals surface area contributed by atoms with E-state index in [2.05, 4.69) is 29.2 Å². The molecule has 29 heavy (non-hydrogen) atoms. The highest BCUT2D eigenvalue weighted by atomic mass is 19.3. The summed E-state index contributed by atoms with van der Waals surface area (Å²) in [5, 5.41) is 3.96. The molecular formula is C26H15F2N. The van der Waals surface area contributed by atoms with Crippen LogP contribution in [-0.2, 0) is 5.92 Å². The van der Waals surface area contributed by atoms with E-state index >= 15 is 8.78 Å². The van der Waals surface area contributed by atoms with Crippen LogP contribution in [0.5, 0.6) is 0 Å². The Kier molecular flexibility index (Phi) is 3.22. The van der Waals surface area contributed by atoms with E-state index in [0.717, 1.165) is 32.8 Å². The molecular weight excluding hydrogens is 364 g/mol. The standard InChI is InChI=1S/C26H15F2N/c27-26(28)22-8-4-3-7-20(22)25-21-14-24(29-15-19(21)11-12-23(25)26)18-10-9-16-5-1-2-6-17(16)13-18/h1-15H. The van der Waals surface area contributed by atoms with Crippen LogP contribution in [-0.4, -0.2) is 4.98 Å². The fourth-order valence-electron chi connectivity index (χ4n) is 4.40. The summed E-state index contributed by atoms with van der Waals surface area (Å²) in [4.78, 5) is 4.61. The number of pyridine rings is 1. The maximum absolute atomic E-state index is 15.0. The molecule has 0 unspecified atom stereocenters. The first-order chi connectivity index (χ1) is 14.1. The van der Waals surface area contributed by atoms with Crippen molar-refractivity contribution in [1.82, 2.24) is 4.98 Å². The lowest BCUT2D eigenvalue weighted by Gasteiger charge is -2.13. The summed E-state index contributed by atoms with van der Waals surface area (Å²) < 4.78 is 30.1. The Morgan fingerprint density at radius 2 is 1.41 bits per heavy atom. The zero-order valence-corrected chi connectivity index (χ0v) is 15.4. The SMILES string of the molecule is FC1(F)c2ccccc2-c2c1ccc1cnc(-c3ccc4ccccc4c3)cc21. The van der Waals surface area contributed by atoms with Gasteiger partial charge in [-0.2, -0.15) is 8.78 Å². The Hall–Kier alpha value is -3.59. The average molecular weight is 379 g/mol. The molecule has 1 heterocycles. The van der Waals surface area contributed by atoms with Gasteiger partial charge < -0.3 is 0 Å². The van der Waals surface area contributed by atoms with Crippen molar-refractivity contribution >= 4 is 21.5 Å². The van der Waals surface area contributed by atoms with E-state index in [0.29, 0.717) is 11.1 Å². The van der Waals surface area contributed by atoms with Gasteiger partial charge in [0.2, 0.25) is 0 Å². The van der Waals surface area contributed by atoms with Gasteiger partial charge in [0, 0.05) is 28.3 Å². The largest absolute Gasteiger partial charge is 0.299 e. The average Bonchev–Trinajstić information content (AvgIpc) is 3.00. The Morgan fingerprint density at radius 3 is 2.31 bits per heavy atom. The molecule has 4 aromatic carbocycles. The van der Waals surface area contributed by atoms with Gasteiger partial charge in [-0.3, -0.25) is 4.98 Å². The van der Waals surface area contributed by atoms with Crippen molar-refractivity contribution in [2.45, 2.75) is 5.92 Å². The molecule has 0 saturated heterocycles. The monoisotopic (exact) mass is 379 g/mol. The van der Waals surface area contributed by atoms with E-state index in [9.17, 15) is 0 Å². The summed E-state index contributed by atoms with van der Waals surface area (Å²) in [7, 11) is 0. The van der Waals surface area contributed by atoms with E-state index in [4.69, 9.17) is 0 Å². The molecule has 1 aromatic heterocycles. The molecule has 1 aliphatic carbocycles. The van der Waals surface area contributed by atoms with Gasteiger partial charge in [-0.25, -0.2) is 0 Å². The summed E-state index contributed by atoms with van der Waals surface area (Å²) in [5.74, 6) is -2.98. The number of fused-ring (bicyclic) bond motifs is 6. The quantitative estimate of drug-likeness (QED) is 0.301. The molecule has 0 aliphatic heterocycles. The van der Waals surface area contributed by atoms with Crippen molar-refractivity contribution in [3.05, 3.63) is 102 Å². The first kappa shape index (κ1) is 16.4. The third-order valence-electron chi connectivity index (χ3n) is 5.82. The number of benzene rings is 4. The minimum absolute atomic E-state index is 0.0712. The van der Waals surface area contributed by atoms with Gasteiger partial charge in [0.15, 0.2) is 0 Å². The van der Waals surface area contributed by atoms with Crippen molar-refractivity contribution < 1.29 is 8.78 Å². The topological polar surface area (TPSA) is 12.9 Å². The van der Waals surface area contributed by atoms with E-state index in [1.807, 2.05) is 30.3 Å². The highest BCUT2D eigenvalue weighted by molar-refractivity contribution is 6.03. The summed E-state index contributed by atoms with van der Waals surface area (Å²) in [5.41, 5.74) is 3.13. The van der Waals surface area contributed by atoms with Crippen molar-refractivity contribution in [2.75, 3.05) is 0 Å². The van der Waals surface area contributed by atoms with Crippen LogP contribution in [0.25, 0.3) is 43.9 Å². The van der Waals surface area contributed by atoms with Gasteiger partial charge in [-0.1, -0.05) is 72.8 Å². The lowest BCUT2D eigenvalue weighted by atomic mass is 9.96. The molecule has 5 aromatic rings. The van der Waals surface area contributed by atoms with Crippen LogP contribution in [0.3, 0.4) is 0 Å². The number of nitrogens with zero attached hydrogens (tertiary/aromatic N) is 1. The third kappa shape index (κ3) is 2.27. The first-order valence-corrected chi connectivity index (χ1v) is 9.53.